The summed E-state index contributed by atoms with van der Waals surface area (Å²) in [6.45, 7) is 4.90. The van der Waals surface area contributed by atoms with Crippen molar-refractivity contribution in [2.45, 2.75) is 392 Å². The molecule has 6 nitrogen and oxygen atoms in total. The summed E-state index contributed by atoms with van der Waals surface area (Å²) >= 11 is 0. The Balaban J connectivity index is 3.39. The number of nitrogens with one attached hydrogen (secondary N) is 1. The number of allylic oxidation sites excluding steroid dienone is 7. The minimum atomic E-state index is -0.846. The standard InChI is InChI=1S/C73H137NO5/c1-3-5-7-9-11-13-15-17-19-21-31-35-39-43-47-51-55-59-63-67-73(78)79-68-64-60-56-52-48-44-40-36-33-30-28-26-24-22-23-25-27-29-32-34-38-42-46-50-54-58-62-66-72(77)74-70(69-75)71(76)65-61-57-53-49-45-41-37-20-18-16-14-12-10-8-6-4-2/h11,13,17,19,22-23,61,65,70-71,75-76H,3-10,12,14-16,18,20-21,24-60,62-64,66-69H2,1-2H3,(H,74,77)/b13-11-,19-17-,23-22-,65-61+. The molecule has 0 aromatic heterocycles. The van der Waals surface area contributed by atoms with Crippen molar-refractivity contribution >= 4 is 11.9 Å². The summed E-state index contributed by atoms with van der Waals surface area (Å²) in [5, 5.41) is 23.2. The van der Waals surface area contributed by atoms with Gasteiger partial charge in [-0.3, -0.25) is 9.59 Å². The first kappa shape index (κ1) is 76.8. The summed E-state index contributed by atoms with van der Waals surface area (Å²) in [5.41, 5.74) is 0. The topological polar surface area (TPSA) is 95.9 Å². The predicted octanol–water partition coefficient (Wildman–Crippen LogP) is 22.9. The molecule has 0 aromatic rings. The van der Waals surface area contributed by atoms with E-state index in [0.717, 1.165) is 51.4 Å². The van der Waals surface area contributed by atoms with Crippen molar-refractivity contribution in [3.05, 3.63) is 48.6 Å². The lowest BCUT2D eigenvalue weighted by Crippen LogP contribution is -2.45. The van der Waals surface area contributed by atoms with Gasteiger partial charge < -0.3 is 20.3 Å². The van der Waals surface area contributed by atoms with Gasteiger partial charge in [0.2, 0.25) is 5.91 Å². The molecule has 0 aromatic carbocycles. The number of ether oxygens (including phenoxy) is 1. The van der Waals surface area contributed by atoms with Crippen molar-refractivity contribution in [1.29, 1.82) is 0 Å². The maximum absolute atomic E-state index is 12.5. The Labute approximate surface area is 493 Å². The summed E-state index contributed by atoms with van der Waals surface area (Å²) in [5.74, 6) is -0.0558. The zero-order chi connectivity index (χ0) is 57.1. The van der Waals surface area contributed by atoms with E-state index < -0.39 is 12.1 Å². The van der Waals surface area contributed by atoms with E-state index in [0.29, 0.717) is 19.4 Å². The molecule has 0 radical (unpaired) electrons. The molecule has 79 heavy (non-hydrogen) atoms. The number of carbonyl (C=O) groups is 2. The van der Waals surface area contributed by atoms with Gasteiger partial charge in [-0.1, -0.05) is 326 Å². The Morgan fingerprint density at radius 3 is 1.00 bits per heavy atom. The Hall–Kier alpha value is -2.18. The molecule has 0 fully saturated rings. The van der Waals surface area contributed by atoms with Gasteiger partial charge in [-0.05, 0) is 89.9 Å². The van der Waals surface area contributed by atoms with Gasteiger partial charge in [0.05, 0.1) is 25.4 Å². The van der Waals surface area contributed by atoms with E-state index in [1.165, 1.54) is 302 Å². The average molecular weight is 1110 g/mol. The van der Waals surface area contributed by atoms with Crippen molar-refractivity contribution in [2.24, 2.45) is 0 Å². The fourth-order valence-electron chi connectivity index (χ4n) is 10.9. The number of carbonyl (C=O) groups excluding carboxylic acids is 2. The number of hydrogen-bond acceptors (Lipinski definition) is 5. The molecule has 0 saturated heterocycles. The highest BCUT2D eigenvalue weighted by atomic mass is 16.5. The van der Waals surface area contributed by atoms with E-state index in [-0.39, 0.29) is 18.5 Å². The van der Waals surface area contributed by atoms with Crippen LogP contribution in [0.1, 0.15) is 380 Å². The molecule has 6 heteroatoms. The number of amides is 1. The average Bonchev–Trinajstić information content (AvgIpc) is 3.45. The first-order chi connectivity index (χ1) is 39.0. The third kappa shape index (κ3) is 64.8. The Bertz CT molecular complexity index is 1320. The molecule has 1 amide bonds. The predicted molar refractivity (Wildman–Crippen MR) is 347 cm³/mol. The number of hydrogen-bond donors (Lipinski definition) is 3. The molecular weight excluding hydrogens is 971 g/mol. The van der Waals surface area contributed by atoms with Gasteiger partial charge in [0.25, 0.3) is 0 Å². The van der Waals surface area contributed by atoms with Crippen molar-refractivity contribution in [2.75, 3.05) is 13.2 Å². The van der Waals surface area contributed by atoms with Gasteiger partial charge in [-0.25, -0.2) is 0 Å². The molecule has 0 spiro atoms. The lowest BCUT2D eigenvalue weighted by molar-refractivity contribution is -0.143. The number of aliphatic hydroxyl groups is 2. The van der Waals surface area contributed by atoms with E-state index in [1.807, 2.05) is 6.08 Å². The molecule has 0 bridgehead atoms. The summed E-state index contributed by atoms with van der Waals surface area (Å²) in [7, 11) is 0. The number of unbranched alkanes of at least 4 members (excludes halogenated alkanes) is 49. The summed E-state index contributed by atoms with van der Waals surface area (Å²) in [6.07, 6.45) is 89.0. The van der Waals surface area contributed by atoms with E-state index in [9.17, 15) is 19.8 Å². The van der Waals surface area contributed by atoms with Gasteiger partial charge in [0.1, 0.15) is 0 Å². The van der Waals surface area contributed by atoms with Crippen LogP contribution in [-0.4, -0.2) is 47.4 Å². The summed E-state index contributed by atoms with van der Waals surface area (Å²) in [4.78, 5) is 24.6. The Kier molecular flexibility index (Phi) is 66.4. The fraction of sp³-hybridized carbons (Fsp3) is 0.863. The third-order valence-corrected chi connectivity index (χ3v) is 16.3. The normalized spacial score (nSPS) is 12.8. The summed E-state index contributed by atoms with van der Waals surface area (Å²) in [6, 6.07) is -0.629. The SMILES string of the molecule is CCCCC/C=C\C/C=C\CCCCCCCCCCCC(=O)OCCCCCCCCCCCCCC/C=C\CCCCCCCCCCCCCC(=O)NC(CO)C(O)/C=C/CCCCCCCCCCCCCCCC. The van der Waals surface area contributed by atoms with Crippen LogP contribution in [-0.2, 0) is 14.3 Å². The van der Waals surface area contributed by atoms with Crippen molar-refractivity contribution in [3.8, 4) is 0 Å². The minimum absolute atomic E-state index is 0.0111. The molecule has 0 aliphatic carbocycles. The first-order valence-electron chi connectivity index (χ1n) is 35.4. The van der Waals surface area contributed by atoms with Gasteiger partial charge >= 0.3 is 5.97 Å². The number of rotatable bonds is 66. The lowest BCUT2D eigenvalue weighted by Gasteiger charge is -2.20. The quantitative estimate of drug-likeness (QED) is 0.0320. The van der Waals surface area contributed by atoms with Crippen molar-refractivity contribution in [3.63, 3.8) is 0 Å². The third-order valence-electron chi connectivity index (χ3n) is 16.3. The lowest BCUT2D eigenvalue weighted by atomic mass is 10.0. The van der Waals surface area contributed by atoms with Crippen LogP contribution in [0.15, 0.2) is 48.6 Å². The Morgan fingerprint density at radius 1 is 0.354 bits per heavy atom. The number of esters is 1. The summed E-state index contributed by atoms with van der Waals surface area (Å²) < 4.78 is 5.51. The van der Waals surface area contributed by atoms with E-state index in [4.69, 9.17) is 4.74 Å². The molecule has 0 heterocycles. The molecule has 0 rings (SSSR count). The second-order valence-electron chi connectivity index (χ2n) is 24.2. The molecule has 3 N–H and O–H groups in total. The van der Waals surface area contributed by atoms with Crippen LogP contribution >= 0.6 is 0 Å². The second kappa shape index (κ2) is 68.3. The van der Waals surface area contributed by atoms with Gasteiger partial charge in [-0.2, -0.15) is 0 Å². The van der Waals surface area contributed by atoms with E-state index >= 15 is 0 Å². The molecule has 0 aliphatic rings. The van der Waals surface area contributed by atoms with Crippen LogP contribution < -0.4 is 5.32 Å². The zero-order valence-electron chi connectivity index (χ0n) is 53.1. The van der Waals surface area contributed by atoms with Gasteiger partial charge in [0, 0.05) is 12.8 Å². The Morgan fingerprint density at radius 2 is 0.633 bits per heavy atom. The van der Waals surface area contributed by atoms with Crippen LogP contribution in [0.2, 0.25) is 0 Å². The van der Waals surface area contributed by atoms with Crippen molar-refractivity contribution in [1.82, 2.24) is 5.32 Å². The van der Waals surface area contributed by atoms with Crippen LogP contribution in [0.3, 0.4) is 0 Å². The molecule has 2 atom stereocenters. The number of aliphatic hydroxyl groups excluding tert-OH is 2. The smallest absolute Gasteiger partial charge is 0.305 e. The van der Waals surface area contributed by atoms with E-state index in [2.05, 4.69) is 55.6 Å². The van der Waals surface area contributed by atoms with Crippen molar-refractivity contribution < 1.29 is 24.5 Å². The largest absolute Gasteiger partial charge is 0.466 e. The second-order valence-corrected chi connectivity index (χ2v) is 24.2. The van der Waals surface area contributed by atoms with Crippen LogP contribution in [0.5, 0.6) is 0 Å². The molecule has 0 saturated carbocycles. The highest BCUT2D eigenvalue weighted by Crippen LogP contribution is 2.18. The molecule has 0 aliphatic heterocycles. The van der Waals surface area contributed by atoms with Gasteiger partial charge in [-0.15, -0.1) is 0 Å². The molecular formula is C73H137NO5. The molecule has 464 valence electrons. The first-order valence-corrected chi connectivity index (χ1v) is 35.4. The van der Waals surface area contributed by atoms with Crippen LogP contribution in [0, 0.1) is 0 Å². The van der Waals surface area contributed by atoms with Gasteiger partial charge in [0.15, 0.2) is 0 Å². The van der Waals surface area contributed by atoms with Crippen LogP contribution in [0.25, 0.3) is 0 Å². The highest BCUT2D eigenvalue weighted by molar-refractivity contribution is 5.76. The van der Waals surface area contributed by atoms with Crippen LogP contribution in [0.4, 0.5) is 0 Å². The minimum Gasteiger partial charge on any atom is -0.466 e. The fourth-order valence-corrected chi connectivity index (χ4v) is 10.9. The maximum Gasteiger partial charge on any atom is 0.305 e. The highest BCUT2D eigenvalue weighted by Gasteiger charge is 2.18. The monoisotopic (exact) mass is 1110 g/mol. The van der Waals surface area contributed by atoms with E-state index in [1.54, 1.807) is 6.08 Å². The molecule has 2 unspecified atom stereocenters. The maximum atomic E-state index is 12.5. The zero-order valence-corrected chi connectivity index (χ0v) is 53.1.